The molecule has 0 aliphatic carbocycles. The van der Waals surface area contributed by atoms with E-state index >= 15 is 0 Å². The number of methoxy groups -OCH3 is 2. The topological polar surface area (TPSA) is 51.1 Å². The van der Waals surface area contributed by atoms with Crippen LogP contribution >= 0.6 is 24.0 Å². The third kappa shape index (κ3) is 4.43. The minimum absolute atomic E-state index is 0.244. The van der Waals surface area contributed by atoms with Gasteiger partial charge in [-0.05, 0) is 53.5 Å². The van der Waals surface area contributed by atoms with E-state index in [-0.39, 0.29) is 5.91 Å². The minimum Gasteiger partial charge on any atom is -0.493 e. The lowest BCUT2D eigenvalue weighted by atomic mass is 10.1. The maximum absolute atomic E-state index is 12.7. The van der Waals surface area contributed by atoms with E-state index in [1.807, 2.05) is 36.4 Å². The molecule has 1 aliphatic heterocycles. The van der Waals surface area contributed by atoms with Crippen molar-refractivity contribution in [3.05, 3.63) is 64.1 Å². The van der Waals surface area contributed by atoms with Crippen LogP contribution in [0.15, 0.2) is 52.5 Å². The SMILES string of the molecule is CCc1ccc(/C=N/N2C(=O)/C(=C\c3ccc(OC)c(OC)c3)SC2=S)cc1. The number of hydrogen-bond acceptors (Lipinski definition) is 6. The van der Waals surface area contributed by atoms with Crippen LogP contribution in [0.25, 0.3) is 6.08 Å². The van der Waals surface area contributed by atoms with E-state index < -0.39 is 0 Å². The minimum atomic E-state index is -0.244. The van der Waals surface area contributed by atoms with Crippen molar-refractivity contribution >= 4 is 46.5 Å². The van der Waals surface area contributed by atoms with E-state index in [1.54, 1.807) is 32.6 Å². The van der Waals surface area contributed by atoms with Crippen molar-refractivity contribution in [3.63, 3.8) is 0 Å². The quantitative estimate of drug-likeness (QED) is 0.397. The number of carbonyl (C=O) groups is 1. The van der Waals surface area contributed by atoms with Gasteiger partial charge in [-0.1, -0.05) is 49.0 Å². The predicted octanol–water partition coefficient (Wildman–Crippen LogP) is 4.50. The van der Waals surface area contributed by atoms with Crippen LogP contribution in [0.5, 0.6) is 11.5 Å². The van der Waals surface area contributed by atoms with Crippen LogP contribution < -0.4 is 9.47 Å². The summed E-state index contributed by atoms with van der Waals surface area (Å²) in [7, 11) is 3.15. The first-order valence-corrected chi connectivity index (χ1v) is 9.91. The lowest BCUT2D eigenvalue weighted by molar-refractivity contribution is -0.122. The van der Waals surface area contributed by atoms with Crippen LogP contribution in [-0.2, 0) is 11.2 Å². The Labute approximate surface area is 174 Å². The molecule has 1 aliphatic rings. The fourth-order valence-electron chi connectivity index (χ4n) is 2.62. The largest absolute Gasteiger partial charge is 0.493 e. The molecule has 0 bridgehead atoms. The average Bonchev–Trinajstić information content (AvgIpc) is 2.99. The lowest BCUT2D eigenvalue weighted by Gasteiger charge is -2.08. The van der Waals surface area contributed by atoms with Crippen molar-refractivity contribution in [3.8, 4) is 11.5 Å². The number of nitrogens with zero attached hydrogens (tertiary/aromatic N) is 2. The van der Waals surface area contributed by atoms with Gasteiger partial charge in [0.05, 0.1) is 25.3 Å². The summed E-state index contributed by atoms with van der Waals surface area (Å²) in [4.78, 5) is 13.2. The molecule has 5 nitrogen and oxygen atoms in total. The van der Waals surface area contributed by atoms with E-state index in [9.17, 15) is 4.79 Å². The Bertz CT molecular complexity index is 953. The van der Waals surface area contributed by atoms with Gasteiger partial charge >= 0.3 is 0 Å². The van der Waals surface area contributed by atoms with Crippen LogP contribution in [0.1, 0.15) is 23.6 Å². The molecule has 144 valence electrons. The predicted molar refractivity (Wildman–Crippen MR) is 118 cm³/mol. The summed E-state index contributed by atoms with van der Waals surface area (Å²) in [6.45, 7) is 2.11. The number of benzene rings is 2. The van der Waals surface area contributed by atoms with Gasteiger partial charge in [0, 0.05) is 0 Å². The number of amides is 1. The molecule has 2 aromatic rings. The van der Waals surface area contributed by atoms with E-state index in [4.69, 9.17) is 21.7 Å². The molecule has 1 amide bonds. The summed E-state index contributed by atoms with van der Waals surface area (Å²) >= 11 is 6.55. The highest BCUT2D eigenvalue weighted by atomic mass is 32.2. The van der Waals surface area contributed by atoms with Crippen LogP contribution in [0.3, 0.4) is 0 Å². The van der Waals surface area contributed by atoms with Gasteiger partial charge in [0.1, 0.15) is 0 Å². The Kier molecular flexibility index (Phi) is 6.49. The number of ether oxygens (including phenoxy) is 2. The Morgan fingerprint density at radius 3 is 2.39 bits per heavy atom. The van der Waals surface area contributed by atoms with Gasteiger partial charge in [-0.15, -0.1) is 0 Å². The number of aryl methyl sites for hydroxylation is 1. The molecule has 1 saturated heterocycles. The fourth-order valence-corrected chi connectivity index (χ4v) is 3.79. The smallest absolute Gasteiger partial charge is 0.286 e. The maximum atomic E-state index is 12.7. The van der Waals surface area contributed by atoms with Crippen LogP contribution in [0.4, 0.5) is 0 Å². The molecule has 7 heteroatoms. The summed E-state index contributed by atoms with van der Waals surface area (Å²) < 4.78 is 10.9. The van der Waals surface area contributed by atoms with Gasteiger partial charge < -0.3 is 9.47 Å². The summed E-state index contributed by atoms with van der Waals surface area (Å²) in [6.07, 6.45) is 4.39. The zero-order valence-corrected chi connectivity index (χ0v) is 17.5. The second-order valence-electron chi connectivity index (χ2n) is 5.95. The van der Waals surface area contributed by atoms with Crippen molar-refractivity contribution in [2.75, 3.05) is 14.2 Å². The first-order chi connectivity index (χ1) is 13.5. The number of carbonyl (C=O) groups excluding carboxylic acids is 1. The Morgan fingerprint density at radius 1 is 1.07 bits per heavy atom. The normalized spacial score (nSPS) is 15.7. The van der Waals surface area contributed by atoms with Gasteiger partial charge in [0.2, 0.25) is 0 Å². The second kappa shape index (κ2) is 9.03. The fraction of sp³-hybridized carbons (Fsp3) is 0.190. The standard InChI is InChI=1S/C21H20N2O3S2/c1-4-14-5-7-15(8-6-14)13-22-23-20(24)19(28-21(23)27)12-16-9-10-17(25-2)18(11-16)26-3/h5-13H,4H2,1-3H3/b19-12+,22-13+. The zero-order valence-electron chi connectivity index (χ0n) is 15.8. The molecule has 0 radical (unpaired) electrons. The molecule has 1 heterocycles. The molecule has 0 N–H and O–H groups in total. The molecule has 2 aromatic carbocycles. The summed E-state index contributed by atoms with van der Waals surface area (Å²) in [6, 6.07) is 13.5. The van der Waals surface area contributed by atoms with Gasteiger partial charge in [0.25, 0.3) is 5.91 Å². The molecule has 0 unspecified atom stereocenters. The average molecular weight is 413 g/mol. The third-order valence-electron chi connectivity index (χ3n) is 4.19. The maximum Gasteiger partial charge on any atom is 0.286 e. The number of hydrazone groups is 1. The van der Waals surface area contributed by atoms with Gasteiger partial charge in [-0.3, -0.25) is 4.79 Å². The number of hydrogen-bond donors (Lipinski definition) is 0. The van der Waals surface area contributed by atoms with E-state index in [0.717, 1.165) is 17.5 Å². The Morgan fingerprint density at radius 2 is 1.75 bits per heavy atom. The van der Waals surface area contributed by atoms with Gasteiger partial charge in [0.15, 0.2) is 15.8 Å². The summed E-state index contributed by atoms with van der Waals surface area (Å²) in [5.74, 6) is 0.984. The molecule has 0 atom stereocenters. The number of thioether (sulfide) groups is 1. The molecule has 0 aromatic heterocycles. The van der Waals surface area contributed by atoms with Crippen LogP contribution in [0.2, 0.25) is 0 Å². The van der Waals surface area contributed by atoms with Crippen molar-refractivity contribution in [1.82, 2.24) is 5.01 Å². The summed E-state index contributed by atoms with van der Waals surface area (Å²) in [5.41, 5.74) is 2.98. The molecular formula is C21H20N2O3S2. The third-order valence-corrected chi connectivity index (χ3v) is 5.47. The zero-order chi connectivity index (χ0) is 20.1. The second-order valence-corrected chi connectivity index (χ2v) is 7.62. The van der Waals surface area contributed by atoms with Crippen molar-refractivity contribution < 1.29 is 14.3 Å². The van der Waals surface area contributed by atoms with Gasteiger partial charge in [-0.25, -0.2) is 0 Å². The number of thiocarbonyl (C=S) groups is 1. The molecular weight excluding hydrogens is 392 g/mol. The molecule has 28 heavy (non-hydrogen) atoms. The van der Waals surface area contributed by atoms with Crippen LogP contribution in [0, 0.1) is 0 Å². The highest BCUT2D eigenvalue weighted by molar-refractivity contribution is 8.26. The first kappa shape index (κ1) is 20.1. The first-order valence-electron chi connectivity index (χ1n) is 8.68. The van der Waals surface area contributed by atoms with Crippen molar-refractivity contribution in [2.45, 2.75) is 13.3 Å². The van der Waals surface area contributed by atoms with E-state index in [2.05, 4.69) is 12.0 Å². The highest BCUT2D eigenvalue weighted by Gasteiger charge is 2.32. The lowest BCUT2D eigenvalue weighted by Crippen LogP contribution is -2.22. The van der Waals surface area contributed by atoms with E-state index in [1.165, 1.54) is 22.3 Å². The highest BCUT2D eigenvalue weighted by Crippen LogP contribution is 2.34. The summed E-state index contributed by atoms with van der Waals surface area (Å²) in [5, 5.41) is 5.53. The molecule has 1 fully saturated rings. The van der Waals surface area contributed by atoms with Crippen molar-refractivity contribution in [1.29, 1.82) is 0 Å². The van der Waals surface area contributed by atoms with Crippen molar-refractivity contribution in [2.24, 2.45) is 5.10 Å². The monoisotopic (exact) mass is 412 g/mol. The molecule has 3 rings (SSSR count). The Balaban J connectivity index is 1.79. The molecule has 0 spiro atoms. The molecule has 0 saturated carbocycles. The number of rotatable bonds is 6. The van der Waals surface area contributed by atoms with Crippen LogP contribution in [-0.4, -0.2) is 35.7 Å². The Hall–Kier alpha value is -2.64. The van der Waals surface area contributed by atoms with Gasteiger partial charge in [-0.2, -0.15) is 10.1 Å². The van der Waals surface area contributed by atoms with E-state index in [0.29, 0.717) is 20.7 Å².